The predicted octanol–water partition coefficient (Wildman–Crippen LogP) is 0.833. The zero-order valence-electron chi connectivity index (χ0n) is 12.1. The van der Waals surface area contributed by atoms with E-state index in [2.05, 4.69) is 17.3 Å². The summed E-state index contributed by atoms with van der Waals surface area (Å²) < 4.78 is 0. The second-order valence-corrected chi connectivity index (χ2v) is 5.53. The normalized spacial score (nSPS) is 18.9. The van der Waals surface area contributed by atoms with Gasteiger partial charge in [-0.05, 0) is 38.9 Å². The van der Waals surface area contributed by atoms with E-state index in [9.17, 15) is 9.59 Å². The number of urea groups is 1. The van der Waals surface area contributed by atoms with E-state index in [4.69, 9.17) is 5.11 Å². The van der Waals surface area contributed by atoms with Crippen molar-refractivity contribution < 1.29 is 14.7 Å². The average molecular weight is 271 g/mol. The Morgan fingerprint density at radius 2 is 2.00 bits per heavy atom. The number of carbonyl (C=O) groups excluding carboxylic acids is 1. The summed E-state index contributed by atoms with van der Waals surface area (Å²) in [5.74, 6) is -0.877. The van der Waals surface area contributed by atoms with E-state index >= 15 is 0 Å². The largest absolute Gasteiger partial charge is 0.481 e. The fourth-order valence-corrected chi connectivity index (χ4v) is 2.30. The summed E-state index contributed by atoms with van der Waals surface area (Å²) in [5, 5.41) is 11.5. The van der Waals surface area contributed by atoms with Gasteiger partial charge in [-0.15, -0.1) is 0 Å². The minimum absolute atomic E-state index is 0.0488. The number of carboxylic acids is 1. The number of hydrogen-bond donors (Lipinski definition) is 2. The van der Waals surface area contributed by atoms with Crippen LogP contribution in [-0.4, -0.2) is 66.7 Å². The Kier molecular flexibility index (Phi) is 6.08. The molecular weight excluding hydrogens is 246 g/mol. The molecule has 19 heavy (non-hydrogen) atoms. The van der Waals surface area contributed by atoms with Crippen molar-refractivity contribution in [3.8, 4) is 0 Å². The van der Waals surface area contributed by atoms with E-state index in [1.165, 1.54) is 0 Å². The van der Waals surface area contributed by atoms with Gasteiger partial charge in [0.05, 0.1) is 0 Å². The van der Waals surface area contributed by atoms with Gasteiger partial charge >= 0.3 is 12.0 Å². The van der Waals surface area contributed by atoms with Gasteiger partial charge in [-0.1, -0.05) is 6.92 Å². The van der Waals surface area contributed by atoms with Crippen molar-refractivity contribution in [3.05, 3.63) is 0 Å². The highest BCUT2D eigenvalue weighted by atomic mass is 16.4. The molecule has 0 bridgehead atoms. The van der Waals surface area contributed by atoms with Crippen molar-refractivity contribution in [1.82, 2.24) is 15.1 Å². The van der Waals surface area contributed by atoms with E-state index in [1.54, 1.807) is 4.90 Å². The van der Waals surface area contributed by atoms with Crippen LogP contribution < -0.4 is 5.32 Å². The maximum Gasteiger partial charge on any atom is 0.317 e. The van der Waals surface area contributed by atoms with E-state index < -0.39 is 5.97 Å². The lowest BCUT2D eigenvalue weighted by Crippen LogP contribution is -2.48. The predicted molar refractivity (Wildman–Crippen MR) is 73.1 cm³/mol. The molecule has 0 radical (unpaired) electrons. The number of rotatable bonds is 5. The van der Waals surface area contributed by atoms with Crippen LogP contribution in [0.4, 0.5) is 4.79 Å². The highest BCUT2D eigenvalue weighted by Crippen LogP contribution is 2.14. The minimum Gasteiger partial charge on any atom is -0.481 e. The molecule has 0 aromatic heterocycles. The number of aliphatic carboxylic acids is 1. The van der Waals surface area contributed by atoms with Crippen LogP contribution in [0.1, 0.15) is 26.2 Å². The monoisotopic (exact) mass is 271 g/mol. The van der Waals surface area contributed by atoms with Crippen molar-refractivity contribution in [2.45, 2.75) is 32.2 Å². The lowest BCUT2D eigenvalue weighted by Gasteiger charge is -2.35. The van der Waals surface area contributed by atoms with Crippen molar-refractivity contribution >= 4 is 12.0 Å². The topological polar surface area (TPSA) is 72.9 Å². The molecule has 1 aliphatic heterocycles. The smallest absolute Gasteiger partial charge is 0.317 e. The third-order valence-electron chi connectivity index (χ3n) is 3.68. The number of likely N-dealkylation sites (tertiary alicyclic amines) is 1. The molecule has 1 atom stereocenters. The molecule has 6 nitrogen and oxygen atoms in total. The van der Waals surface area contributed by atoms with Crippen molar-refractivity contribution in [2.75, 3.05) is 33.7 Å². The van der Waals surface area contributed by atoms with Gasteiger partial charge in [-0.25, -0.2) is 4.79 Å². The summed E-state index contributed by atoms with van der Waals surface area (Å²) in [5.41, 5.74) is 0. The van der Waals surface area contributed by atoms with Crippen LogP contribution in [0.25, 0.3) is 0 Å². The van der Waals surface area contributed by atoms with Crippen LogP contribution in [0.2, 0.25) is 0 Å². The van der Waals surface area contributed by atoms with Crippen LogP contribution in [-0.2, 0) is 4.79 Å². The van der Waals surface area contributed by atoms with Crippen LogP contribution in [0.5, 0.6) is 0 Å². The fourth-order valence-electron chi connectivity index (χ4n) is 2.30. The minimum atomic E-state index is -0.828. The Labute approximate surface area is 114 Å². The van der Waals surface area contributed by atoms with Crippen molar-refractivity contribution in [3.63, 3.8) is 0 Å². The number of carbonyl (C=O) groups is 2. The van der Waals surface area contributed by atoms with Crippen LogP contribution in [0.3, 0.4) is 0 Å². The third-order valence-corrected chi connectivity index (χ3v) is 3.68. The van der Waals surface area contributed by atoms with Crippen LogP contribution >= 0.6 is 0 Å². The first-order valence-electron chi connectivity index (χ1n) is 6.81. The zero-order valence-corrected chi connectivity index (χ0v) is 12.1. The molecule has 1 unspecified atom stereocenters. The molecule has 1 heterocycles. The summed E-state index contributed by atoms with van der Waals surface area (Å²) in [7, 11) is 3.90. The highest BCUT2D eigenvalue weighted by molar-refractivity contribution is 5.74. The molecule has 1 aliphatic rings. The van der Waals surface area contributed by atoms with Gasteiger partial charge in [-0.3, -0.25) is 4.79 Å². The van der Waals surface area contributed by atoms with Crippen molar-refractivity contribution in [2.24, 2.45) is 5.92 Å². The molecule has 0 aromatic rings. The average Bonchev–Trinajstić information content (AvgIpc) is 2.35. The molecule has 1 rings (SSSR count). The number of piperidine rings is 1. The Morgan fingerprint density at radius 1 is 1.42 bits per heavy atom. The van der Waals surface area contributed by atoms with Crippen LogP contribution in [0, 0.1) is 5.92 Å². The van der Waals surface area contributed by atoms with Gasteiger partial charge in [0, 0.05) is 26.1 Å². The van der Waals surface area contributed by atoms with Gasteiger partial charge in [0.25, 0.3) is 0 Å². The van der Waals surface area contributed by atoms with E-state index in [0.29, 0.717) is 6.54 Å². The molecule has 110 valence electrons. The Hall–Kier alpha value is -1.30. The lowest BCUT2D eigenvalue weighted by molar-refractivity contribution is -0.137. The van der Waals surface area contributed by atoms with Gasteiger partial charge in [0.1, 0.15) is 0 Å². The summed E-state index contributed by atoms with van der Waals surface area (Å²) in [6, 6.07) is 0.178. The lowest BCUT2D eigenvalue weighted by atomic mass is 10.0. The Balaban J connectivity index is 2.30. The molecular formula is C13H25N3O3. The maximum atomic E-state index is 12.0. The summed E-state index contributed by atoms with van der Waals surface area (Å²) in [6.07, 6.45) is 2.06. The maximum absolute atomic E-state index is 12.0. The third kappa shape index (κ3) is 5.46. The zero-order chi connectivity index (χ0) is 14.4. The molecule has 1 saturated heterocycles. The molecule has 0 saturated carbocycles. The first kappa shape index (κ1) is 15.8. The molecule has 2 amide bonds. The molecule has 6 heteroatoms. The first-order valence-corrected chi connectivity index (χ1v) is 6.81. The van der Waals surface area contributed by atoms with Crippen LogP contribution in [0.15, 0.2) is 0 Å². The Bertz CT molecular complexity index is 314. The molecule has 0 aliphatic carbocycles. The number of nitrogens with zero attached hydrogens (tertiary/aromatic N) is 2. The van der Waals surface area contributed by atoms with Gasteiger partial charge in [0.15, 0.2) is 0 Å². The van der Waals surface area contributed by atoms with Gasteiger partial charge in [0.2, 0.25) is 0 Å². The number of nitrogens with one attached hydrogen (secondary N) is 1. The number of amides is 2. The number of carboxylic acid groups (broad SMARTS) is 1. The summed E-state index contributed by atoms with van der Waals surface area (Å²) >= 11 is 0. The van der Waals surface area contributed by atoms with E-state index in [0.717, 1.165) is 25.9 Å². The first-order chi connectivity index (χ1) is 8.90. The fraction of sp³-hybridized carbons (Fsp3) is 0.846. The quantitative estimate of drug-likeness (QED) is 0.777. The second kappa shape index (κ2) is 7.33. The van der Waals surface area contributed by atoms with Gasteiger partial charge in [-0.2, -0.15) is 0 Å². The summed E-state index contributed by atoms with van der Waals surface area (Å²) in [6.45, 7) is 4.25. The van der Waals surface area contributed by atoms with E-state index in [1.807, 2.05) is 14.0 Å². The molecule has 0 spiro atoms. The standard InChI is InChI=1S/C13H25N3O3/c1-10(8-12(17)18)9-14-13(19)16(3)11-4-6-15(2)7-5-11/h10-11H,4-9H2,1-3H3,(H,14,19)(H,17,18). The van der Waals surface area contributed by atoms with Gasteiger partial charge < -0.3 is 20.2 Å². The molecule has 1 fully saturated rings. The number of hydrogen-bond acceptors (Lipinski definition) is 3. The summed E-state index contributed by atoms with van der Waals surface area (Å²) in [4.78, 5) is 26.5. The second-order valence-electron chi connectivity index (χ2n) is 5.53. The van der Waals surface area contributed by atoms with E-state index in [-0.39, 0.29) is 24.4 Å². The molecule has 2 N–H and O–H groups in total. The highest BCUT2D eigenvalue weighted by Gasteiger charge is 2.24. The SMILES string of the molecule is CC(CNC(=O)N(C)C1CCN(C)CC1)CC(=O)O. The molecule has 0 aromatic carbocycles. The van der Waals surface area contributed by atoms with Crippen molar-refractivity contribution in [1.29, 1.82) is 0 Å². The Morgan fingerprint density at radius 3 is 2.53 bits per heavy atom.